The fourth-order valence-electron chi connectivity index (χ4n) is 1.43. The van der Waals surface area contributed by atoms with Crippen LogP contribution in [0.1, 0.15) is 0 Å². The predicted octanol–water partition coefficient (Wildman–Crippen LogP) is 4.15. The number of nitrogens with zero attached hydrogens (tertiary/aromatic N) is 2. The Balaban J connectivity index is 1.97. The van der Waals surface area contributed by atoms with Crippen molar-refractivity contribution in [2.45, 2.75) is 0 Å². The van der Waals surface area contributed by atoms with Crippen LogP contribution in [-0.2, 0) is 0 Å². The van der Waals surface area contributed by atoms with Crippen LogP contribution in [0.2, 0.25) is 5.15 Å². The molecule has 0 spiro atoms. The van der Waals surface area contributed by atoms with Gasteiger partial charge in [0.25, 0.3) is 0 Å². The number of anilines is 2. The molecule has 0 aliphatic rings. The summed E-state index contributed by atoms with van der Waals surface area (Å²) in [7, 11) is 0. The quantitative estimate of drug-likeness (QED) is 0.758. The van der Waals surface area contributed by atoms with Gasteiger partial charge in [0, 0.05) is 10.4 Å². The first-order chi connectivity index (χ1) is 7.83. The van der Waals surface area contributed by atoms with Gasteiger partial charge in [0.2, 0.25) is 0 Å². The van der Waals surface area contributed by atoms with E-state index in [0.717, 1.165) is 17.4 Å². The van der Waals surface area contributed by atoms with Crippen LogP contribution in [0, 0.1) is 0 Å². The zero-order chi connectivity index (χ0) is 11.0. The molecule has 0 saturated carbocycles. The molecule has 1 aromatic carbocycles. The van der Waals surface area contributed by atoms with E-state index >= 15 is 0 Å². The van der Waals surface area contributed by atoms with Crippen LogP contribution < -0.4 is 5.32 Å². The zero-order valence-electron chi connectivity index (χ0n) is 7.98. The Morgan fingerprint density at radius 1 is 1.19 bits per heavy atom. The van der Waals surface area contributed by atoms with Crippen LogP contribution >= 0.6 is 34.7 Å². The number of benzene rings is 1. The monoisotopic (exact) mass is 267 g/mol. The molecule has 0 saturated heterocycles. The van der Waals surface area contributed by atoms with Gasteiger partial charge in [-0.05, 0) is 35.0 Å². The Hall–Kier alpha value is -1.17. The molecule has 0 radical (unpaired) electrons. The number of nitrogens with one attached hydrogen (secondary N) is 1. The minimum absolute atomic E-state index is 0.412. The van der Waals surface area contributed by atoms with E-state index in [-0.39, 0.29) is 0 Å². The number of halogens is 1. The van der Waals surface area contributed by atoms with Crippen LogP contribution in [0.5, 0.6) is 0 Å². The van der Waals surface area contributed by atoms with Gasteiger partial charge in [-0.15, -0.1) is 11.3 Å². The highest BCUT2D eigenvalue weighted by Gasteiger charge is 2.05. The Kier molecular flexibility index (Phi) is 2.51. The summed E-state index contributed by atoms with van der Waals surface area (Å²) in [5.41, 5.74) is 0.973. The Bertz CT molecular complexity index is 632. The van der Waals surface area contributed by atoms with Crippen LogP contribution in [0.3, 0.4) is 0 Å². The Morgan fingerprint density at radius 2 is 2.12 bits per heavy atom. The molecule has 0 bridgehead atoms. The Labute approximate surface area is 105 Å². The predicted molar refractivity (Wildman–Crippen MR) is 70.0 cm³/mol. The van der Waals surface area contributed by atoms with Gasteiger partial charge in [-0.2, -0.15) is 8.75 Å². The van der Waals surface area contributed by atoms with Gasteiger partial charge >= 0.3 is 0 Å². The third kappa shape index (κ3) is 1.77. The zero-order valence-corrected chi connectivity index (χ0v) is 10.4. The number of hydrogen-bond acceptors (Lipinski definition) is 5. The molecular formula is C10H6ClN3S2. The van der Waals surface area contributed by atoms with Gasteiger partial charge in [-0.25, -0.2) is 0 Å². The molecule has 3 rings (SSSR count). The maximum absolute atomic E-state index is 5.86. The van der Waals surface area contributed by atoms with Crippen molar-refractivity contribution in [1.29, 1.82) is 0 Å². The highest BCUT2D eigenvalue weighted by molar-refractivity contribution is 7.17. The lowest BCUT2D eigenvalue weighted by atomic mass is 10.2. The first-order valence-electron chi connectivity index (χ1n) is 4.55. The average molecular weight is 268 g/mol. The van der Waals surface area contributed by atoms with E-state index in [1.54, 1.807) is 11.3 Å². The fraction of sp³-hybridized carbons (Fsp3) is 0. The van der Waals surface area contributed by atoms with Crippen LogP contribution in [0.25, 0.3) is 10.1 Å². The van der Waals surface area contributed by atoms with Crippen LogP contribution in [-0.4, -0.2) is 8.75 Å². The van der Waals surface area contributed by atoms with Gasteiger partial charge in [0.15, 0.2) is 11.0 Å². The minimum Gasteiger partial charge on any atom is -0.337 e. The number of hydrogen-bond donors (Lipinski definition) is 1. The lowest BCUT2D eigenvalue weighted by Crippen LogP contribution is -1.90. The summed E-state index contributed by atoms with van der Waals surface area (Å²) in [6.45, 7) is 0. The molecule has 0 amide bonds. The van der Waals surface area contributed by atoms with Crippen molar-refractivity contribution in [3.05, 3.63) is 34.8 Å². The SMILES string of the molecule is Clc1nsnc1Nc1ccc2sccc2c1. The molecule has 0 atom stereocenters. The lowest BCUT2D eigenvalue weighted by Gasteiger charge is -2.02. The highest BCUT2D eigenvalue weighted by atomic mass is 35.5. The van der Waals surface area contributed by atoms with Gasteiger partial charge in [0.05, 0.1) is 11.7 Å². The standard InChI is InChI=1S/C10H6ClN3S2/c11-9-10(14-16-13-9)12-7-1-2-8-6(5-7)3-4-15-8/h1-5H,(H,12,14). The van der Waals surface area contributed by atoms with E-state index in [0.29, 0.717) is 11.0 Å². The van der Waals surface area contributed by atoms with Gasteiger partial charge in [0.1, 0.15) is 0 Å². The topological polar surface area (TPSA) is 37.8 Å². The smallest absolute Gasteiger partial charge is 0.187 e. The van der Waals surface area contributed by atoms with Crippen LogP contribution in [0.15, 0.2) is 29.6 Å². The maximum Gasteiger partial charge on any atom is 0.187 e. The van der Waals surface area contributed by atoms with E-state index in [1.165, 1.54) is 10.1 Å². The Morgan fingerprint density at radius 3 is 2.94 bits per heavy atom. The summed E-state index contributed by atoms with van der Waals surface area (Å²) in [6, 6.07) is 8.25. The van der Waals surface area contributed by atoms with E-state index in [2.05, 4.69) is 37.6 Å². The van der Waals surface area contributed by atoms with Crippen molar-refractivity contribution in [2.75, 3.05) is 5.32 Å². The summed E-state index contributed by atoms with van der Waals surface area (Å²) in [6.07, 6.45) is 0. The molecule has 0 aliphatic heterocycles. The number of thiophene rings is 1. The molecule has 0 unspecified atom stereocenters. The van der Waals surface area contributed by atoms with Crippen molar-refractivity contribution >= 4 is 56.3 Å². The molecule has 80 valence electrons. The molecule has 2 aromatic heterocycles. The molecule has 3 aromatic rings. The van der Waals surface area contributed by atoms with Gasteiger partial charge in [-0.1, -0.05) is 11.6 Å². The second kappa shape index (κ2) is 4.01. The molecule has 1 N–H and O–H groups in total. The summed E-state index contributed by atoms with van der Waals surface area (Å²) in [4.78, 5) is 0. The van der Waals surface area contributed by atoms with E-state index in [4.69, 9.17) is 11.6 Å². The maximum atomic E-state index is 5.86. The highest BCUT2D eigenvalue weighted by Crippen LogP contribution is 2.27. The molecule has 2 heterocycles. The van der Waals surface area contributed by atoms with E-state index in [1.807, 2.05) is 6.07 Å². The normalized spacial score (nSPS) is 10.8. The molecule has 3 nitrogen and oxygen atoms in total. The number of fused-ring (bicyclic) bond motifs is 1. The largest absolute Gasteiger partial charge is 0.337 e. The second-order valence-corrected chi connectivity index (χ2v) is 5.04. The summed E-state index contributed by atoms with van der Waals surface area (Å²) >= 11 is 8.69. The second-order valence-electron chi connectivity index (χ2n) is 3.20. The van der Waals surface area contributed by atoms with Crippen molar-refractivity contribution in [2.24, 2.45) is 0 Å². The van der Waals surface area contributed by atoms with Crippen LogP contribution in [0.4, 0.5) is 11.5 Å². The first-order valence-corrected chi connectivity index (χ1v) is 6.54. The summed E-state index contributed by atoms with van der Waals surface area (Å²) in [5.74, 6) is 0.612. The van der Waals surface area contributed by atoms with Gasteiger partial charge < -0.3 is 5.32 Å². The van der Waals surface area contributed by atoms with Crippen molar-refractivity contribution < 1.29 is 0 Å². The minimum atomic E-state index is 0.412. The molecule has 16 heavy (non-hydrogen) atoms. The first kappa shape index (κ1) is 10.0. The fourth-order valence-corrected chi connectivity index (χ4v) is 2.85. The van der Waals surface area contributed by atoms with Crippen molar-refractivity contribution in [3.8, 4) is 0 Å². The third-order valence-corrected chi connectivity index (χ3v) is 3.95. The number of aromatic nitrogens is 2. The number of rotatable bonds is 2. The average Bonchev–Trinajstić information content (AvgIpc) is 2.88. The van der Waals surface area contributed by atoms with Crippen molar-refractivity contribution in [3.63, 3.8) is 0 Å². The molecule has 0 fully saturated rings. The molecule has 6 heteroatoms. The van der Waals surface area contributed by atoms with E-state index in [9.17, 15) is 0 Å². The molecule has 0 aliphatic carbocycles. The summed E-state index contributed by atoms with van der Waals surface area (Å²) in [5, 5.41) is 6.85. The van der Waals surface area contributed by atoms with E-state index < -0.39 is 0 Å². The third-order valence-electron chi connectivity index (χ3n) is 2.16. The van der Waals surface area contributed by atoms with Gasteiger partial charge in [-0.3, -0.25) is 0 Å². The van der Waals surface area contributed by atoms with Crippen molar-refractivity contribution in [1.82, 2.24) is 8.75 Å². The lowest BCUT2D eigenvalue weighted by molar-refractivity contribution is 1.46. The summed E-state index contributed by atoms with van der Waals surface area (Å²) < 4.78 is 9.24. The molecular weight excluding hydrogens is 262 g/mol.